The van der Waals surface area contributed by atoms with E-state index in [1.165, 1.54) is 0 Å². The van der Waals surface area contributed by atoms with Gasteiger partial charge in [0.1, 0.15) is 5.56 Å². The van der Waals surface area contributed by atoms with Gasteiger partial charge in [-0.3, -0.25) is 0 Å². The topological polar surface area (TPSA) is 49.8 Å². The predicted octanol–water partition coefficient (Wildman–Crippen LogP) is 2.65. The minimum absolute atomic E-state index is 0.190. The average molecular weight is 270 g/mol. The molecule has 1 saturated heterocycles. The lowest BCUT2D eigenvalue weighted by atomic mass is 10.0. The van der Waals surface area contributed by atoms with Crippen molar-refractivity contribution in [3.05, 3.63) is 28.8 Å². The molecule has 0 amide bonds. The fraction of sp³-hybridized carbons (Fsp3) is 0.462. The van der Waals surface area contributed by atoms with Crippen molar-refractivity contribution in [1.82, 2.24) is 0 Å². The third-order valence-corrected chi connectivity index (χ3v) is 3.64. The van der Waals surface area contributed by atoms with E-state index in [0.717, 1.165) is 25.9 Å². The van der Waals surface area contributed by atoms with Crippen LogP contribution in [0.3, 0.4) is 0 Å². The van der Waals surface area contributed by atoms with Gasteiger partial charge in [-0.05, 0) is 25.0 Å². The highest BCUT2D eigenvalue weighted by Gasteiger charge is 2.23. The van der Waals surface area contributed by atoms with Crippen LogP contribution in [0.1, 0.15) is 23.2 Å². The summed E-state index contributed by atoms with van der Waals surface area (Å²) in [6, 6.07) is 5.20. The van der Waals surface area contributed by atoms with Crippen molar-refractivity contribution < 1.29 is 14.6 Å². The van der Waals surface area contributed by atoms with E-state index in [2.05, 4.69) is 4.90 Å². The van der Waals surface area contributed by atoms with Crippen LogP contribution in [0.4, 0.5) is 5.69 Å². The Morgan fingerprint density at radius 2 is 2.11 bits per heavy atom. The molecule has 1 aliphatic heterocycles. The zero-order valence-corrected chi connectivity index (χ0v) is 11.0. The molecule has 1 aromatic carbocycles. The van der Waals surface area contributed by atoms with Gasteiger partial charge < -0.3 is 14.7 Å². The fourth-order valence-electron chi connectivity index (χ4n) is 2.32. The first-order chi connectivity index (χ1) is 8.63. The Bertz CT molecular complexity index is 442. The SMILES string of the molecule is COC1CCN(c2cccc(Cl)c2C(=O)O)CC1. The van der Waals surface area contributed by atoms with Crippen LogP contribution < -0.4 is 4.90 Å². The number of piperidine rings is 1. The molecule has 0 unspecified atom stereocenters. The Hall–Kier alpha value is -1.26. The van der Waals surface area contributed by atoms with Crippen LogP contribution in [0.5, 0.6) is 0 Å². The van der Waals surface area contributed by atoms with E-state index in [0.29, 0.717) is 5.69 Å². The maximum Gasteiger partial charge on any atom is 0.339 e. The summed E-state index contributed by atoms with van der Waals surface area (Å²) in [5.41, 5.74) is 0.889. The zero-order chi connectivity index (χ0) is 13.1. The monoisotopic (exact) mass is 269 g/mol. The minimum atomic E-state index is -0.982. The Balaban J connectivity index is 2.24. The van der Waals surface area contributed by atoms with Crippen molar-refractivity contribution in [2.24, 2.45) is 0 Å². The number of carboxylic acids is 1. The highest BCUT2D eigenvalue weighted by molar-refractivity contribution is 6.34. The lowest BCUT2D eigenvalue weighted by Crippen LogP contribution is -2.37. The van der Waals surface area contributed by atoms with Crippen molar-refractivity contribution in [3.63, 3.8) is 0 Å². The number of carbonyl (C=O) groups is 1. The molecule has 2 rings (SSSR count). The Labute approximate surface area is 111 Å². The second-order valence-electron chi connectivity index (χ2n) is 4.36. The number of rotatable bonds is 3. The van der Waals surface area contributed by atoms with Gasteiger partial charge in [0.2, 0.25) is 0 Å². The highest BCUT2D eigenvalue weighted by Crippen LogP contribution is 2.29. The third-order valence-electron chi connectivity index (χ3n) is 3.32. The predicted molar refractivity (Wildman–Crippen MR) is 70.7 cm³/mol. The first kappa shape index (κ1) is 13.2. The molecule has 0 radical (unpaired) electrons. The lowest BCUT2D eigenvalue weighted by molar-refractivity contribution is 0.0696. The molecule has 0 aromatic heterocycles. The normalized spacial score (nSPS) is 16.9. The number of carboxylic acid groups (broad SMARTS) is 1. The third kappa shape index (κ3) is 2.60. The van der Waals surface area contributed by atoms with Crippen molar-refractivity contribution in [2.45, 2.75) is 18.9 Å². The number of nitrogens with zero attached hydrogens (tertiary/aromatic N) is 1. The van der Waals surface area contributed by atoms with Gasteiger partial charge in [-0.2, -0.15) is 0 Å². The molecule has 1 N–H and O–H groups in total. The number of benzene rings is 1. The molecule has 18 heavy (non-hydrogen) atoms. The van der Waals surface area contributed by atoms with E-state index >= 15 is 0 Å². The van der Waals surface area contributed by atoms with Crippen molar-refractivity contribution >= 4 is 23.3 Å². The second-order valence-corrected chi connectivity index (χ2v) is 4.77. The molecule has 0 saturated carbocycles. The van der Waals surface area contributed by atoms with Gasteiger partial charge in [0.15, 0.2) is 0 Å². The van der Waals surface area contributed by atoms with E-state index in [1.54, 1.807) is 19.2 Å². The quantitative estimate of drug-likeness (QED) is 0.917. The number of aromatic carboxylic acids is 1. The number of methoxy groups -OCH3 is 1. The summed E-state index contributed by atoms with van der Waals surface area (Å²) in [6.45, 7) is 1.58. The first-order valence-corrected chi connectivity index (χ1v) is 6.31. The molecule has 5 heteroatoms. The molecule has 0 spiro atoms. The summed E-state index contributed by atoms with van der Waals surface area (Å²) in [6.07, 6.45) is 2.08. The molecule has 0 bridgehead atoms. The van der Waals surface area contributed by atoms with Gasteiger partial charge in [-0.1, -0.05) is 17.7 Å². The van der Waals surface area contributed by atoms with Gasteiger partial charge >= 0.3 is 5.97 Å². The first-order valence-electron chi connectivity index (χ1n) is 5.93. The van der Waals surface area contributed by atoms with Gasteiger partial charge in [-0.25, -0.2) is 4.79 Å². The summed E-state index contributed by atoms with van der Waals surface area (Å²) in [4.78, 5) is 13.3. The van der Waals surface area contributed by atoms with Gasteiger partial charge in [0.05, 0.1) is 16.8 Å². The molecule has 1 aliphatic rings. The van der Waals surface area contributed by atoms with E-state index in [-0.39, 0.29) is 16.7 Å². The Kier molecular flexibility index (Phi) is 4.09. The summed E-state index contributed by atoms with van der Waals surface area (Å²) in [5.74, 6) is -0.982. The van der Waals surface area contributed by atoms with E-state index in [4.69, 9.17) is 16.3 Å². The molecule has 1 fully saturated rings. The number of anilines is 1. The molecule has 0 aliphatic carbocycles. The fourth-order valence-corrected chi connectivity index (χ4v) is 2.57. The standard InChI is InChI=1S/C13H16ClNO3/c1-18-9-5-7-15(8-6-9)11-4-2-3-10(14)12(11)13(16)17/h2-4,9H,5-8H2,1H3,(H,16,17). The molecule has 4 nitrogen and oxygen atoms in total. The number of ether oxygens (including phenoxy) is 1. The van der Waals surface area contributed by atoms with E-state index < -0.39 is 5.97 Å². The Morgan fingerprint density at radius 1 is 1.44 bits per heavy atom. The molecule has 1 aromatic rings. The molecule has 0 atom stereocenters. The highest BCUT2D eigenvalue weighted by atomic mass is 35.5. The van der Waals surface area contributed by atoms with Gasteiger partial charge in [0.25, 0.3) is 0 Å². The second kappa shape index (κ2) is 5.59. The van der Waals surface area contributed by atoms with Crippen LogP contribution >= 0.6 is 11.6 Å². The van der Waals surface area contributed by atoms with Crippen molar-refractivity contribution in [3.8, 4) is 0 Å². The summed E-state index contributed by atoms with van der Waals surface area (Å²) in [5, 5.41) is 9.53. The largest absolute Gasteiger partial charge is 0.478 e. The maximum absolute atomic E-state index is 11.3. The van der Waals surface area contributed by atoms with Gasteiger partial charge in [-0.15, -0.1) is 0 Å². The number of halogens is 1. The molecule has 1 heterocycles. The summed E-state index contributed by atoms with van der Waals surface area (Å²) >= 11 is 5.97. The summed E-state index contributed by atoms with van der Waals surface area (Å²) < 4.78 is 5.31. The molecular weight excluding hydrogens is 254 g/mol. The van der Waals surface area contributed by atoms with Gasteiger partial charge in [0, 0.05) is 20.2 Å². The summed E-state index contributed by atoms with van der Waals surface area (Å²) in [7, 11) is 1.71. The van der Waals surface area contributed by atoms with Crippen LogP contribution in [-0.4, -0.2) is 37.4 Å². The van der Waals surface area contributed by atoms with Crippen molar-refractivity contribution in [1.29, 1.82) is 0 Å². The average Bonchev–Trinajstić information content (AvgIpc) is 2.38. The number of hydrogen-bond donors (Lipinski definition) is 1. The minimum Gasteiger partial charge on any atom is -0.478 e. The van der Waals surface area contributed by atoms with Crippen LogP contribution in [-0.2, 0) is 4.74 Å². The van der Waals surface area contributed by atoms with E-state index in [9.17, 15) is 9.90 Å². The lowest BCUT2D eigenvalue weighted by Gasteiger charge is -2.33. The van der Waals surface area contributed by atoms with Crippen LogP contribution in [0.15, 0.2) is 18.2 Å². The van der Waals surface area contributed by atoms with Crippen LogP contribution in [0.25, 0.3) is 0 Å². The van der Waals surface area contributed by atoms with E-state index in [1.807, 2.05) is 6.07 Å². The zero-order valence-electron chi connectivity index (χ0n) is 10.2. The van der Waals surface area contributed by atoms with Crippen LogP contribution in [0.2, 0.25) is 5.02 Å². The number of hydrogen-bond acceptors (Lipinski definition) is 3. The van der Waals surface area contributed by atoms with Crippen molar-refractivity contribution in [2.75, 3.05) is 25.1 Å². The smallest absolute Gasteiger partial charge is 0.339 e. The molecule has 98 valence electrons. The van der Waals surface area contributed by atoms with Crippen LogP contribution in [0, 0.1) is 0 Å². The Morgan fingerprint density at radius 3 is 2.67 bits per heavy atom. The molecular formula is C13H16ClNO3. The maximum atomic E-state index is 11.3.